The molecule has 0 fully saturated rings. The van der Waals surface area contributed by atoms with E-state index >= 15 is 0 Å². The first-order chi connectivity index (χ1) is 6.50. The second-order valence-electron chi connectivity index (χ2n) is 5.09. The summed E-state index contributed by atoms with van der Waals surface area (Å²) in [6.07, 6.45) is 4.35. The van der Waals surface area contributed by atoms with Gasteiger partial charge in [0.2, 0.25) is 0 Å². The van der Waals surface area contributed by atoms with Crippen molar-refractivity contribution in [2.45, 2.75) is 52.0 Å². The predicted octanol–water partition coefficient (Wildman–Crippen LogP) is 1.81. The van der Waals surface area contributed by atoms with E-state index < -0.39 is 0 Å². The summed E-state index contributed by atoms with van der Waals surface area (Å²) in [4.78, 5) is 12.0. The minimum Gasteiger partial charge on any atom is -0.299 e. The summed E-state index contributed by atoms with van der Waals surface area (Å²) in [5.74, 6) is 0. The minimum absolute atomic E-state index is 0.131. The lowest BCUT2D eigenvalue weighted by Gasteiger charge is -2.19. The van der Waals surface area contributed by atoms with Gasteiger partial charge in [-0.2, -0.15) is 0 Å². The summed E-state index contributed by atoms with van der Waals surface area (Å²) >= 11 is 0. The Morgan fingerprint density at radius 2 is 1.86 bits per heavy atom. The molecule has 14 heavy (non-hydrogen) atoms. The Kier molecular flexibility index (Phi) is 2.05. The van der Waals surface area contributed by atoms with Gasteiger partial charge in [0, 0.05) is 11.3 Å². The quantitative estimate of drug-likeness (QED) is 0.672. The first-order valence-electron chi connectivity index (χ1n) is 5.33. The largest absolute Gasteiger partial charge is 0.299 e. The van der Waals surface area contributed by atoms with Crippen LogP contribution in [0.3, 0.4) is 0 Å². The number of H-pyrrole nitrogens is 1. The first kappa shape index (κ1) is 9.56. The molecule has 0 radical (unpaired) electrons. The van der Waals surface area contributed by atoms with Crippen molar-refractivity contribution in [2.24, 2.45) is 0 Å². The Hall–Kier alpha value is -0.990. The number of aromatic amines is 1. The average Bonchev–Trinajstić information content (AvgIpc) is 2.44. The van der Waals surface area contributed by atoms with E-state index in [2.05, 4.69) is 25.9 Å². The SMILES string of the molecule is CC(C)(C)n1[nH]c2c(c1=O)CCCC2. The van der Waals surface area contributed by atoms with Crippen LogP contribution in [0, 0.1) is 0 Å². The highest BCUT2D eigenvalue weighted by molar-refractivity contribution is 5.20. The van der Waals surface area contributed by atoms with Gasteiger partial charge >= 0.3 is 0 Å². The number of aryl methyl sites for hydroxylation is 1. The van der Waals surface area contributed by atoms with Crippen molar-refractivity contribution in [3.05, 3.63) is 21.6 Å². The molecule has 1 aromatic rings. The van der Waals surface area contributed by atoms with E-state index in [9.17, 15) is 4.79 Å². The fourth-order valence-electron chi connectivity index (χ4n) is 2.06. The summed E-state index contributed by atoms with van der Waals surface area (Å²) in [5.41, 5.74) is 2.24. The van der Waals surface area contributed by atoms with E-state index in [0.717, 1.165) is 30.5 Å². The third kappa shape index (κ3) is 1.41. The van der Waals surface area contributed by atoms with Crippen LogP contribution < -0.4 is 5.56 Å². The lowest BCUT2D eigenvalue weighted by molar-refractivity contribution is 0.343. The topological polar surface area (TPSA) is 37.8 Å². The molecule has 1 aliphatic rings. The molecule has 1 aliphatic carbocycles. The molecule has 78 valence electrons. The van der Waals surface area contributed by atoms with Crippen LogP contribution in [0.4, 0.5) is 0 Å². The molecule has 0 saturated heterocycles. The predicted molar refractivity (Wildman–Crippen MR) is 56.7 cm³/mol. The van der Waals surface area contributed by atoms with Crippen molar-refractivity contribution in [3.63, 3.8) is 0 Å². The third-order valence-corrected chi connectivity index (χ3v) is 2.85. The van der Waals surface area contributed by atoms with Crippen LogP contribution in [0.1, 0.15) is 44.9 Å². The summed E-state index contributed by atoms with van der Waals surface area (Å²) in [7, 11) is 0. The normalized spacial score (nSPS) is 16.8. The van der Waals surface area contributed by atoms with Gasteiger partial charge in [-0.3, -0.25) is 9.89 Å². The van der Waals surface area contributed by atoms with Gasteiger partial charge in [-0.1, -0.05) is 0 Å². The Labute approximate surface area is 84.1 Å². The second-order valence-corrected chi connectivity index (χ2v) is 5.09. The van der Waals surface area contributed by atoms with E-state index in [4.69, 9.17) is 0 Å². The van der Waals surface area contributed by atoms with Gasteiger partial charge in [-0.15, -0.1) is 0 Å². The molecule has 0 saturated carbocycles. The zero-order valence-corrected chi connectivity index (χ0v) is 9.18. The summed E-state index contributed by atoms with van der Waals surface area (Å²) in [6, 6.07) is 0. The van der Waals surface area contributed by atoms with Gasteiger partial charge in [0.15, 0.2) is 0 Å². The van der Waals surface area contributed by atoms with Crippen molar-refractivity contribution in [2.75, 3.05) is 0 Å². The van der Waals surface area contributed by atoms with Gasteiger partial charge in [0.1, 0.15) is 0 Å². The Balaban J connectivity index is 2.55. The van der Waals surface area contributed by atoms with Gasteiger partial charge in [0.25, 0.3) is 5.56 Å². The van der Waals surface area contributed by atoms with E-state index in [-0.39, 0.29) is 11.1 Å². The molecule has 0 aliphatic heterocycles. The highest BCUT2D eigenvalue weighted by atomic mass is 16.1. The van der Waals surface area contributed by atoms with Crippen molar-refractivity contribution < 1.29 is 0 Å². The van der Waals surface area contributed by atoms with Crippen LogP contribution in [-0.4, -0.2) is 9.78 Å². The van der Waals surface area contributed by atoms with Crippen molar-refractivity contribution in [3.8, 4) is 0 Å². The fourth-order valence-corrected chi connectivity index (χ4v) is 2.06. The first-order valence-corrected chi connectivity index (χ1v) is 5.33. The van der Waals surface area contributed by atoms with Crippen molar-refractivity contribution >= 4 is 0 Å². The fraction of sp³-hybridized carbons (Fsp3) is 0.727. The van der Waals surface area contributed by atoms with Crippen LogP contribution in [0.25, 0.3) is 0 Å². The number of nitrogens with zero attached hydrogens (tertiary/aromatic N) is 1. The highest BCUT2D eigenvalue weighted by Gasteiger charge is 2.23. The monoisotopic (exact) mass is 194 g/mol. The zero-order chi connectivity index (χ0) is 10.3. The summed E-state index contributed by atoms with van der Waals surface area (Å²) in [5, 5.41) is 3.25. The van der Waals surface area contributed by atoms with Crippen LogP contribution in [-0.2, 0) is 18.4 Å². The Morgan fingerprint density at radius 3 is 2.43 bits per heavy atom. The lowest BCUT2D eigenvalue weighted by Crippen LogP contribution is -2.33. The molecular weight excluding hydrogens is 176 g/mol. The van der Waals surface area contributed by atoms with Gasteiger partial charge in [-0.05, 0) is 46.5 Å². The van der Waals surface area contributed by atoms with Crippen LogP contribution in [0.5, 0.6) is 0 Å². The average molecular weight is 194 g/mol. The number of rotatable bonds is 0. The molecule has 0 atom stereocenters. The number of aromatic nitrogens is 2. The summed E-state index contributed by atoms with van der Waals surface area (Å²) in [6.45, 7) is 6.16. The number of fused-ring (bicyclic) bond motifs is 1. The van der Waals surface area contributed by atoms with Crippen LogP contribution in [0.2, 0.25) is 0 Å². The second kappa shape index (κ2) is 3.01. The molecule has 0 bridgehead atoms. The maximum Gasteiger partial charge on any atom is 0.270 e. The highest BCUT2D eigenvalue weighted by Crippen LogP contribution is 2.19. The van der Waals surface area contributed by atoms with E-state index in [1.807, 2.05) is 0 Å². The van der Waals surface area contributed by atoms with E-state index in [0.29, 0.717) is 0 Å². The van der Waals surface area contributed by atoms with E-state index in [1.165, 1.54) is 6.42 Å². The Morgan fingerprint density at radius 1 is 1.21 bits per heavy atom. The molecule has 0 aromatic carbocycles. The molecule has 0 spiro atoms. The molecule has 1 heterocycles. The minimum atomic E-state index is -0.131. The van der Waals surface area contributed by atoms with Crippen LogP contribution >= 0.6 is 0 Å². The molecule has 1 N–H and O–H groups in total. The Bertz CT molecular complexity index is 392. The maximum absolute atomic E-state index is 12.0. The molecule has 0 unspecified atom stereocenters. The van der Waals surface area contributed by atoms with E-state index in [1.54, 1.807) is 4.68 Å². The number of hydrogen-bond acceptors (Lipinski definition) is 1. The molecule has 2 rings (SSSR count). The maximum atomic E-state index is 12.0. The number of nitrogens with one attached hydrogen (secondary N) is 1. The summed E-state index contributed by atoms with van der Waals surface area (Å²) < 4.78 is 1.77. The van der Waals surface area contributed by atoms with Crippen molar-refractivity contribution in [1.29, 1.82) is 0 Å². The zero-order valence-electron chi connectivity index (χ0n) is 9.18. The third-order valence-electron chi connectivity index (χ3n) is 2.85. The van der Waals surface area contributed by atoms with Gasteiger partial charge < -0.3 is 0 Å². The molecule has 3 heteroatoms. The molecule has 1 aromatic heterocycles. The van der Waals surface area contributed by atoms with Gasteiger partial charge in [0.05, 0.1) is 5.54 Å². The van der Waals surface area contributed by atoms with Crippen molar-refractivity contribution in [1.82, 2.24) is 9.78 Å². The molecular formula is C11H18N2O. The lowest BCUT2D eigenvalue weighted by atomic mass is 9.98. The van der Waals surface area contributed by atoms with Gasteiger partial charge in [-0.25, -0.2) is 4.68 Å². The molecule has 3 nitrogen and oxygen atoms in total. The standard InChI is InChI=1S/C11H18N2O/c1-11(2,3)13-10(14)8-6-4-5-7-9(8)12-13/h12H,4-7H2,1-3H3. The van der Waals surface area contributed by atoms with Crippen LogP contribution in [0.15, 0.2) is 4.79 Å². The molecule has 0 amide bonds. The number of hydrogen-bond donors (Lipinski definition) is 1. The smallest absolute Gasteiger partial charge is 0.270 e.